The van der Waals surface area contributed by atoms with Gasteiger partial charge in [0.25, 0.3) is 0 Å². The van der Waals surface area contributed by atoms with E-state index >= 15 is 0 Å². The molecule has 0 radical (unpaired) electrons. The van der Waals surface area contributed by atoms with Gasteiger partial charge in [0.1, 0.15) is 0 Å². The van der Waals surface area contributed by atoms with E-state index in [4.69, 9.17) is 4.74 Å². The van der Waals surface area contributed by atoms with Crippen molar-refractivity contribution in [1.29, 1.82) is 0 Å². The lowest BCUT2D eigenvalue weighted by molar-refractivity contribution is 0.0592. The third-order valence-corrected chi connectivity index (χ3v) is 6.10. The standard InChI is InChI=1S/C13H14N2O4S2/c1-19-13(16)10-7-11(12-3-2-5-20-12)15(14-10)9-4-6-21(17,18)8-9/h2-3,5,7,9H,4,6,8H2,1H3/t9-/m0/s1. The highest BCUT2D eigenvalue weighted by Crippen LogP contribution is 2.32. The number of hydrogen-bond acceptors (Lipinski definition) is 6. The third-order valence-electron chi connectivity index (χ3n) is 3.46. The maximum atomic E-state index is 11.7. The Bertz CT molecular complexity index is 762. The smallest absolute Gasteiger partial charge is 0.358 e. The Morgan fingerprint density at radius 2 is 2.33 bits per heavy atom. The van der Waals surface area contributed by atoms with E-state index in [1.54, 1.807) is 10.7 Å². The largest absolute Gasteiger partial charge is 0.464 e. The van der Waals surface area contributed by atoms with Crippen LogP contribution in [0.4, 0.5) is 0 Å². The number of thiophene rings is 1. The molecule has 6 nitrogen and oxygen atoms in total. The van der Waals surface area contributed by atoms with Gasteiger partial charge >= 0.3 is 5.97 Å². The summed E-state index contributed by atoms with van der Waals surface area (Å²) in [5.74, 6) is -0.296. The normalized spacial score (nSPS) is 20.5. The molecule has 1 atom stereocenters. The summed E-state index contributed by atoms with van der Waals surface area (Å²) in [6.45, 7) is 0. The molecule has 3 rings (SSSR count). The summed E-state index contributed by atoms with van der Waals surface area (Å²) in [5.41, 5.74) is 0.956. The first kappa shape index (κ1) is 14.3. The van der Waals surface area contributed by atoms with Crippen molar-refractivity contribution in [2.24, 2.45) is 0 Å². The summed E-state index contributed by atoms with van der Waals surface area (Å²) in [6.07, 6.45) is 0.517. The fourth-order valence-electron chi connectivity index (χ4n) is 2.45. The monoisotopic (exact) mass is 326 g/mol. The predicted molar refractivity (Wildman–Crippen MR) is 79.2 cm³/mol. The second-order valence-electron chi connectivity index (χ2n) is 4.89. The number of carbonyl (C=O) groups is 1. The predicted octanol–water partition coefficient (Wildman–Crippen LogP) is 1.76. The van der Waals surface area contributed by atoms with E-state index in [1.165, 1.54) is 18.4 Å². The molecule has 1 saturated heterocycles. The molecule has 0 aromatic carbocycles. The van der Waals surface area contributed by atoms with Crippen LogP contribution in [0.1, 0.15) is 23.0 Å². The number of nitrogens with zero attached hydrogens (tertiary/aromatic N) is 2. The van der Waals surface area contributed by atoms with Crippen molar-refractivity contribution in [2.45, 2.75) is 12.5 Å². The molecule has 1 aliphatic heterocycles. The van der Waals surface area contributed by atoms with Gasteiger partial charge in [-0.05, 0) is 23.9 Å². The summed E-state index contributed by atoms with van der Waals surface area (Å²) in [5, 5.41) is 6.20. The molecule has 3 heterocycles. The number of carbonyl (C=O) groups excluding carboxylic acids is 1. The van der Waals surface area contributed by atoms with E-state index in [0.717, 1.165) is 10.6 Å². The maximum absolute atomic E-state index is 11.7. The van der Waals surface area contributed by atoms with Crippen molar-refractivity contribution >= 4 is 27.1 Å². The van der Waals surface area contributed by atoms with Gasteiger partial charge in [-0.3, -0.25) is 4.68 Å². The van der Waals surface area contributed by atoms with Crippen LogP contribution >= 0.6 is 11.3 Å². The zero-order valence-corrected chi connectivity index (χ0v) is 13.0. The van der Waals surface area contributed by atoms with Crippen LogP contribution in [0.2, 0.25) is 0 Å². The van der Waals surface area contributed by atoms with Crippen LogP contribution in [0.25, 0.3) is 10.6 Å². The highest BCUT2D eigenvalue weighted by Gasteiger charge is 2.32. The van der Waals surface area contributed by atoms with Gasteiger partial charge in [-0.15, -0.1) is 11.3 Å². The maximum Gasteiger partial charge on any atom is 0.358 e. The number of methoxy groups -OCH3 is 1. The van der Waals surface area contributed by atoms with Crippen molar-refractivity contribution in [3.63, 3.8) is 0 Å². The van der Waals surface area contributed by atoms with Crippen molar-refractivity contribution in [3.8, 4) is 10.6 Å². The quantitative estimate of drug-likeness (QED) is 0.803. The van der Waals surface area contributed by atoms with Crippen LogP contribution in [-0.4, -0.2) is 42.8 Å². The number of esters is 1. The van der Waals surface area contributed by atoms with Gasteiger partial charge in [-0.1, -0.05) is 6.07 Å². The topological polar surface area (TPSA) is 78.3 Å². The summed E-state index contributed by atoms with van der Waals surface area (Å²) in [4.78, 5) is 12.6. The lowest BCUT2D eigenvalue weighted by atomic mass is 10.2. The minimum absolute atomic E-state index is 0.0632. The average molecular weight is 326 g/mol. The second kappa shape index (κ2) is 5.27. The molecule has 0 bridgehead atoms. The number of rotatable bonds is 3. The van der Waals surface area contributed by atoms with Crippen LogP contribution in [0.15, 0.2) is 23.6 Å². The molecule has 0 N–H and O–H groups in total. The molecule has 0 spiro atoms. The van der Waals surface area contributed by atoms with Gasteiger partial charge < -0.3 is 4.74 Å². The molecule has 0 unspecified atom stereocenters. The zero-order valence-electron chi connectivity index (χ0n) is 11.4. The van der Waals surface area contributed by atoms with Gasteiger partial charge in [-0.2, -0.15) is 5.10 Å². The van der Waals surface area contributed by atoms with Crippen LogP contribution < -0.4 is 0 Å². The number of sulfone groups is 1. The fraction of sp³-hybridized carbons (Fsp3) is 0.385. The fourth-order valence-corrected chi connectivity index (χ4v) is 4.88. The second-order valence-corrected chi connectivity index (χ2v) is 8.06. The summed E-state index contributed by atoms with van der Waals surface area (Å²) in [7, 11) is -1.72. The third kappa shape index (κ3) is 2.73. The summed E-state index contributed by atoms with van der Waals surface area (Å²) in [6, 6.07) is 5.25. The molecule has 0 amide bonds. The molecule has 0 aliphatic carbocycles. The van der Waals surface area contributed by atoms with Crippen molar-refractivity contribution in [1.82, 2.24) is 9.78 Å². The first-order valence-corrected chi connectivity index (χ1v) is 9.12. The molecule has 8 heteroatoms. The Labute approximate surface area is 126 Å². The summed E-state index contributed by atoms with van der Waals surface area (Å²) >= 11 is 1.52. The van der Waals surface area contributed by atoms with Crippen LogP contribution in [0.3, 0.4) is 0 Å². The van der Waals surface area contributed by atoms with Crippen LogP contribution in [-0.2, 0) is 14.6 Å². The summed E-state index contributed by atoms with van der Waals surface area (Å²) < 4.78 is 29.7. The van der Waals surface area contributed by atoms with E-state index in [1.807, 2.05) is 17.5 Å². The van der Waals surface area contributed by atoms with Crippen LogP contribution in [0.5, 0.6) is 0 Å². The Morgan fingerprint density at radius 3 is 2.90 bits per heavy atom. The van der Waals surface area contributed by atoms with E-state index in [9.17, 15) is 13.2 Å². The first-order chi connectivity index (χ1) is 10.00. The molecule has 112 valence electrons. The molecule has 1 aliphatic rings. The highest BCUT2D eigenvalue weighted by atomic mass is 32.2. The molecule has 21 heavy (non-hydrogen) atoms. The molecular weight excluding hydrogens is 312 g/mol. The minimum Gasteiger partial charge on any atom is -0.464 e. The van der Waals surface area contributed by atoms with Gasteiger partial charge in [0.05, 0.1) is 35.2 Å². The Balaban J connectivity index is 2.06. The molecule has 0 saturated carbocycles. The van der Waals surface area contributed by atoms with Gasteiger partial charge in [0, 0.05) is 0 Å². The highest BCUT2D eigenvalue weighted by molar-refractivity contribution is 7.91. The van der Waals surface area contributed by atoms with Gasteiger partial charge in [0.15, 0.2) is 15.5 Å². The average Bonchev–Trinajstić information content (AvgIpc) is 3.14. The van der Waals surface area contributed by atoms with Crippen molar-refractivity contribution in [2.75, 3.05) is 18.6 Å². The number of hydrogen-bond donors (Lipinski definition) is 0. The van der Waals surface area contributed by atoms with Gasteiger partial charge in [0.2, 0.25) is 0 Å². The zero-order chi connectivity index (χ0) is 15.0. The van der Waals surface area contributed by atoms with E-state index in [0.29, 0.717) is 6.42 Å². The first-order valence-electron chi connectivity index (χ1n) is 6.42. The van der Waals surface area contributed by atoms with E-state index in [2.05, 4.69) is 5.10 Å². The SMILES string of the molecule is COC(=O)c1cc(-c2cccs2)n([C@H]2CCS(=O)(=O)C2)n1. The lowest BCUT2D eigenvalue weighted by Gasteiger charge is -2.12. The molecule has 1 fully saturated rings. The Morgan fingerprint density at radius 1 is 1.52 bits per heavy atom. The molecular formula is C13H14N2O4S2. The van der Waals surface area contributed by atoms with E-state index < -0.39 is 15.8 Å². The number of ether oxygens (including phenoxy) is 1. The van der Waals surface area contributed by atoms with Crippen LogP contribution in [0, 0.1) is 0 Å². The van der Waals surface area contributed by atoms with Crippen molar-refractivity contribution in [3.05, 3.63) is 29.3 Å². The Kier molecular flexibility index (Phi) is 3.58. The van der Waals surface area contributed by atoms with E-state index in [-0.39, 0.29) is 23.2 Å². The van der Waals surface area contributed by atoms with Crippen molar-refractivity contribution < 1.29 is 17.9 Å². The number of aromatic nitrogens is 2. The minimum atomic E-state index is -3.02. The van der Waals surface area contributed by atoms with Gasteiger partial charge in [-0.25, -0.2) is 13.2 Å². The Hall–Kier alpha value is -1.67. The molecule has 2 aromatic rings. The molecule has 2 aromatic heterocycles. The lowest BCUT2D eigenvalue weighted by Crippen LogP contribution is -2.14.